The average Bonchev–Trinajstić information content (AvgIpc) is 3.27. The quantitative estimate of drug-likeness (QED) is 0.436. The van der Waals surface area contributed by atoms with Crippen LogP contribution in [0.15, 0.2) is 48.9 Å². The molecule has 3 aromatic heterocycles. The molecule has 9 heteroatoms. The molecule has 0 amide bonds. The van der Waals surface area contributed by atoms with Gasteiger partial charge >= 0.3 is 5.97 Å². The molecule has 0 aliphatic carbocycles. The van der Waals surface area contributed by atoms with E-state index in [4.69, 9.17) is 32.9 Å². The summed E-state index contributed by atoms with van der Waals surface area (Å²) in [4.78, 5) is 21.2. The molecule has 0 N–H and O–H groups in total. The summed E-state index contributed by atoms with van der Waals surface area (Å²) in [5.74, 6) is -0.407. The van der Waals surface area contributed by atoms with E-state index in [0.29, 0.717) is 10.0 Å². The number of nitrogens with zero attached hydrogens (tertiary/aromatic N) is 5. The predicted octanol–water partition coefficient (Wildman–Crippen LogP) is 4.51. The summed E-state index contributed by atoms with van der Waals surface area (Å²) >= 11 is 12.2. The van der Waals surface area contributed by atoms with Crippen LogP contribution in [-0.2, 0) is 11.3 Å². The molecule has 0 saturated heterocycles. The van der Waals surface area contributed by atoms with Gasteiger partial charge in [0.15, 0.2) is 0 Å². The first kappa shape index (κ1) is 19.4. The molecule has 0 aliphatic rings. The van der Waals surface area contributed by atoms with Gasteiger partial charge in [-0.1, -0.05) is 35.3 Å². The van der Waals surface area contributed by atoms with Crippen molar-refractivity contribution >= 4 is 34.8 Å². The SMILES string of the molecule is CC(C)OC(=O)c1ncnn1Cc1c(-c2ccc(Cl)cc2)nc2ccc(Cl)cn12. The summed E-state index contributed by atoms with van der Waals surface area (Å²) in [6.07, 6.45) is 2.85. The van der Waals surface area contributed by atoms with Crippen LogP contribution in [0.2, 0.25) is 10.0 Å². The minimum Gasteiger partial charge on any atom is -0.457 e. The van der Waals surface area contributed by atoms with Crippen molar-refractivity contribution in [2.45, 2.75) is 26.5 Å². The largest absolute Gasteiger partial charge is 0.457 e. The Morgan fingerprint density at radius 3 is 2.55 bits per heavy atom. The Morgan fingerprint density at radius 2 is 1.83 bits per heavy atom. The number of carbonyl (C=O) groups excluding carboxylic acids is 1. The second-order valence-electron chi connectivity index (χ2n) is 6.68. The Morgan fingerprint density at radius 1 is 1.10 bits per heavy atom. The van der Waals surface area contributed by atoms with E-state index in [1.165, 1.54) is 11.0 Å². The standard InChI is InChI=1S/C20H17Cl2N5O2/c1-12(2)29-20(28)19-23-11-24-27(19)10-16-18(13-3-5-14(21)6-4-13)25-17-8-7-15(22)9-26(16)17/h3-9,11-12H,10H2,1-2H3. The van der Waals surface area contributed by atoms with E-state index in [0.717, 1.165) is 22.6 Å². The molecule has 0 aliphatic heterocycles. The molecule has 148 valence electrons. The zero-order valence-electron chi connectivity index (χ0n) is 15.7. The van der Waals surface area contributed by atoms with Crippen LogP contribution >= 0.6 is 23.2 Å². The van der Waals surface area contributed by atoms with Gasteiger partial charge in [0, 0.05) is 16.8 Å². The maximum absolute atomic E-state index is 12.4. The Balaban J connectivity index is 1.82. The number of fused-ring (bicyclic) bond motifs is 1. The highest BCUT2D eigenvalue weighted by atomic mass is 35.5. The molecule has 0 unspecified atom stereocenters. The highest BCUT2D eigenvalue weighted by Gasteiger charge is 2.21. The van der Waals surface area contributed by atoms with Crippen LogP contribution in [0.4, 0.5) is 0 Å². The number of carbonyl (C=O) groups is 1. The second kappa shape index (κ2) is 7.85. The third-order valence-electron chi connectivity index (χ3n) is 4.24. The van der Waals surface area contributed by atoms with Crippen molar-refractivity contribution < 1.29 is 9.53 Å². The zero-order chi connectivity index (χ0) is 20.5. The van der Waals surface area contributed by atoms with E-state index in [-0.39, 0.29) is 18.5 Å². The van der Waals surface area contributed by atoms with Crippen molar-refractivity contribution in [1.29, 1.82) is 0 Å². The van der Waals surface area contributed by atoms with Gasteiger partial charge < -0.3 is 4.74 Å². The van der Waals surface area contributed by atoms with Gasteiger partial charge in [0.2, 0.25) is 5.82 Å². The lowest BCUT2D eigenvalue weighted by Crippen LogP contribution is -2.19. The minimum absolute atomic E-state index is 0.123. The number of halogens is 2. The Bertz CT molecular complexity index is 1180. The number of rotatable bonds is 5. The van der Waals surface area contributed by atoms with Crippen molar-refractivity contribution in [3.8, 4) is 11.3 Å². The van der Waals surface area contributed by atoms with Gasteiger partial charge in [-0.2, -0.15) is 5.10 Å². The van der Waals surface area contributed by atoms with Crippen molar-refractivity contribution in [2.75, 3.05) is 0 Å². The number of pyridine rings is 1. The second-order valence-corrected chi connectivity index (χ2v) is 7.56. The van der Waals surface area contributed by atoms with Gasteiger partial charge in [-0.25, -0.2) is 19.4 Å². The third-order valence-corrected chi connectivity index (χ3v) is 4.71. The van der Waals surface area contributed by atoms with Gasteiger partial charge in [0.1, 0.15) is 12.0 Å². The highest BCUT2D eigenvalue weighted by Crippen LogP contribution is 2.27. The number of benzene rings is 1. The molecular formula is C20H17Cl2N5O2. The molecule has 3 heterocycles. The number of hydrogen-bond donors (Lipinski definition) is 0. The van der Waals surface area contributed by atoms with Gasteiger partial charge in [-0.15, -0.1) is 0 Å². The molecule has 0 fully saturated rings. The molecular weight excluding hydrogens is 413 g/mol. The number of aromatic nitrogens is 5. The Labute approximate surface area is 176 Å². The van der Waals surface area contributed by atoms with Crippen LogP contribution in [0.1, 0.15) is 30.2 Å². The minimum atomic E-state index is -0.530. The van der Waals surface area contributed by atoms with E-state index in [1.807, 2.05) is 22.6 Å². The molecule has 0 radical (unpaired) electrons. The van der Waals surface area contributed by atoms with Crippen LogP contribution in [-0.4, -0.2) is 36.2 Å². The van der Waals surface area contributed by atoms with Crippen molar-refractivity contribution in [3.63, 3.8) is 0 Å². The first-order chi connectivity index (χ1) is 13.9. The van der Waals surface area contributed by atoms with Crippen LogP contribution in [0.5, 0.6) is 0 Å². The topological polar surface area (TPSA) is 74.3 Å². The number of ether oxygens (including phenoxy) is 1. The molecule has 29 heavy (non-hydrogen) atoms. The zero-order valence-corrected chi connectivity index (χ0v) is 17.2. The molecule has 0 spiro atoms. The summed E-state index contributed by atoms with van der Waals surface area (Å²) in [5, 5.41) is 5.41. The van der Waals surface area contributed by atoms with Crippen LogP contribution in [0.25, 0.3) is 16.9 Å². The van der Waals surface area contributed by atoms with Crippen LogP contribution < -0.4 is 0 Å². The number of hydrogen-bond acceptors (Lipinski definition) is 5. The maximum Gasteiger partial charge on any atom is 0.376 e. The summed E-state index contributed by atoms with van der Waals surface area (Å²) in [5.41, 5.74) is 3.15. The number of esters is 1. The molecule has 1 aromatic carbocycles. The number of imidazole rings is 1. The first-order valence-electron chi connectivity index (χ1n) is 8.93. The highest BCUT2D eigenvalue weighted by molar-refractivity contribution is 6.30. The fourth-order valence-electron chi connectivity index (χ4n) is 3.00. The third kappa shape index (κ3) is 3.97. The molecule has 0 bridgehead atoms. The van der Waals surface area contributed by atoms with E-state index in [2.05, 4.69) is 10.1 Å². The van der Waals surface area contributed by atoms with Gasteiger partial charge in [0.05, 0.1) is 29.1 Å². The Hall–Kier alpha value is -2.90. The van der Waals surface area contributed by atoms with Crippen molar-refractivity contribution in [3.05, 3.63) is 70.5 Å². The summed E-state index contributed by atoms with van der Waals surface area (Å²) in [7, 11) is 0. The smallest absolute Gasteiger partial charge is 0.376 e. The lowest BCUT2D eigenvalue weighted by Gasteiger charge is -2.10. The van der Waals surface area contributed by atoms with Crippen LogP contribution in [0.3, 0.4) is 0 Å². The summed E-state index contributed by atoms with van der Waals surface area (Å²) < 4.78 is 8.64. The predicted molar refractivity (Wildman–Crippen MR) is 110 cm³/mol. The molecule has 0 atom stereocenters. The average molecular weight is 430 g/mol. The van der Waals surface area contributed by atoms with E-state index < -0.39 is 5.97 Å². The Kier molecular flexibility index (Phi) is 5.25. The maximum atomic E-state index is 12.4. The first-order valence-corrected chi connectivity index (χ1v) is 9.69. The summed E-state index contributed by atoms with van der Waals surface area (Å²) in [6, 6.07) is 11.0. The van der Waals surface area contributed by atoms with E-state index in [1.54, 1.807) is 38.2 Å². The fourth-order valence-corrected chi connectivity index (χ4v) is 3.29. The fraction of sp³-hybridized carbons (Fsp3) is 0.200. The lowest BCUT2D eigenvalue weighted by molar-refractivity contribution is 0.0356. The van der Waals surface area contributed by atoms with Crippen LogP contribution in [0, 0.1) is 0 Å². The van der Waals surface area contributed by atoms with Gasteiger partial charge in [-0.3, -0.25) is 4.40 Å². The van der Waals surface area contributed by atoms with Gasteiger partial charge in [0.25, 0.3) is 0 Å². The molecule has 4 aromatic rings. The van der Waals surface area contributed by atoms with Gasteiger partial charge in [-0.05, 0) is 38.1 Å². The van der Waals surface area contributed by atoms with Crippen molar-refractivity contribution in [2.24, 2.45) is 0 Å². The molecule has 4 rings (SSSR count). The normalized spacial score (nSPS) is 11.3. The van der Waals surface area contributed by atoms with E-state index in [9.17, 15) is 4.79 Å². The lowest BCUT2D eigenvalue weighted by atomic mass is 10.1. The van der Waals surface area contributed by atoms with Crippen molar-refractivity contribution in [1.82, 2.24) is 24.1 Å². The van der Waals surface area contributed by atoms with E-state index >= 15 is 0 Å². The molecule has 7 nitrogen and oxygen atoms in total. The monoisotopic (exact) mass is 429 g/mol. The summed E-state index contributed by atoms with van der Waals surface area (Å²) in [6.45, 7) is 3.81. The molecule has 0 saturated carbocycles.